The molecule has 2 aliphatic carbocycles. The average molecular weight is 367 g/mol. The van der Waals surface area contributed by atoms with Crippen LogP contribution in [0.25, 0.3) is 11.6 Å². The third-order valence-corrected chi connectivity index (χ3v) is 6.21. The van der Waals surface area contributed by atoms with Gasteiger partial charge in [0.25, 0.3) is 0 Å². The normalized spacial score (nSPS) is 17.5. The van der Waals surface area contributed by atoms with Gasteiger partial charge in [0.05, 0.1) is 0 Å². The first-order valence-electron chi connectivity index (χ1n) is 10.5. The van der Waals surface area contributed by atoms with E-state index in [9.17, 15) is 0 Å². The molecule has 0 fully saturated rings. The molecule has 0 aromatic heterocycles. The van der Waals surface area contributed by atoms with Crippen LogP contribution in [0.1, 0.15) is 72.9 Å². The number of hydrogen-bond donors (Lipinski definition) is 0. The molecule has 0 amide bonds. The maximum Gasteiger partial charge on any atom is 0.00614 e. The molecule has 1 atom stereocenters. The number of allylic oxidation sites excluding steroid dienone is 6. The van der Waals surface area contributed by atoms with Crippen molar-refractivity contribution in [2.45, 2.75) is 52.4 Å². The second kappa shape index (κ2) is 7.80. The minimum Gasteiger partial charge on any atom is -0.0912 e. The topological polar surface area (TPSA) is 0 Å². The molecule has 0 heteroatoms. The van der Waals surface area contributed by atoms with Gasteiger partial charge in [0, 0.05) is 5.92 Å². The Morgan fingerprint density at radius 2 is 1.64 bits per heavy atom. The van der Waals surface area contributed by atoms with Crippen molar-refractivity contribution >= 4 is 11.6 Å². The second-order valence-electron chi connectivity index (χ2n) is 8.51. The van der Waals surface area contributed by atoms with E-state index in [1.807, 2.05) is 0 Å². The van der Waals surface area contributed by atoms with Crippen molar-refractivity contribution in [3.05, 3.63) is 106 Å². The van der Waals surface area contributed by atoms with Crippen LogP contribution in [0.3, 0.4) is 0 Å². The Hall–Kier alpha value is -2.60. The predicted molar refractivity (Wildman–Crippen MR) is 123 cm³/mol. The van der Waals surface area contributed by atoms with Crippen LogP contribution < -0.4 is 0 Å². The van der Waals surface area contributed by atoms with E-state index in [4.69, 9.17) is 0 Å². The molecular formula is C28H30. The van der Waals surface area contributed by atoms with E-state index in [0.29, 0.717) is 5.92 Å². The standard InChI is InChI=1S/C28H30/c1-19-7-5-9-23-11-12-25(18-28(23)21(3)15-19)22(4)24-13-14-27-16-20(2)8-6-10-26(27)17-24/h6,8,10-15,17-18,22H,3,5,7,9,16H2,1-2,4H3. The van der Waals surface area contributed by atoms with E-state index in [2.05, 4.69) is 88.1 Å². The Balaban J connectivity index is 1.68. The highest BCUT2D eigenvalue weighted by molar-refractivity contribution is 5.76. The molecule has 1 unspecified atom stereocenters. The molecule has 2 aromatic carbocycles. The zero-order valence-corrected chi connectivity index (χ0v) is 17.4. The average Bonchev–Trinajstić information content (AvgIpc) is 2.86. The molecule has 0 N–H and O–H groups in total. The van der Waals surface area contributed by atoms with Crippen LogP contribution in [0, 0.1) is 0 Å². The van der Waals surface area contributed by atoms with Crippen molar-refractivity contribution in [2.75, 3.05) is 0 Å². The lowest BCUT2D eigenvalue weighted by atomic mass is 9.85. The fourth-order valence-electron chi connectivity index (χ4n) is 4.45. The first-order chi connectivity index (χ1) is 13.5. The second-order valence-corrected chi connectivity index (χ2v) is 8.51. The van der Waals surface area contributed by atoms with Gasteiger partial charge in [-0.2, -0.15) is 0 Å². The van der Waals surface area contributed by atoms with Gasteiger partial charge in [-0.15, -0.1) is 0 Å². The molecule has 0 spiro atoms. The van der Waals surface area contributed by atoms with E-state index < -0.39 is 0 Å². The van der Waals surface area contributed by atoms with E-state index >= 15 is 0 Å². The monoisotopic (exact) mass is 366 g/mol. The van der Waals surface area contributed by atoms with E-state index in [1.165, 1.54) is 57.4 Å². The molecule has 4 rings (SSSR count). The fraction of sp³-hybridized carbons (Fsp3) is 0.286. The Kier molecular flexibility index (Phi) is 5.22. The minimum absolute atomic E-state index is 0.365. The number of hydrogen-bond acceptors (Lipinski definition) is 0. The van der Waals surface area contributed by atoms with E-state index in [-0.39, 0.29) is 0 Å². The van der Waals surface area contributed by atoms with E-state index in [0.717, 1.165) is 18.4 Å². The van der Waals surface area contributed by atoms with Crippen LogP contribution in [0.4, 0.5) is 0 Å². The van der Waals surface area contributed by atoms with Gasteiger partial charge in [-0.1, -0.05) is 85.4 Å². The van der Waals surface area contributed by atoms with Gasteiger partial charge in [-0.05, 0) is 78.5 Å². The molecule has 2 aliphatic rings. The van der Waals surface area contributed by atoms with Crippen LogP contribution in [0.2, 0.25) is 0 Å². The first kappa shape index (κ1) is 18.7. The van der Waals surface area contributed by atoms with Crippen LogP contribution in [0.5, 0.6) is 0 Å². The summed E-state index contributed by atoms with van der Waals surface area (Å²) < 4.78 is 0. The SMILES string of the molecule is C=C1C=C(C)CCCc2ccc(C(C)c3ccc4c(c3)C=CC=C(C)C4)cc21. The largest absolute Gasteiger partial charge is 0.0912 e. The third-order valence-electron chi connectivity index (χ3n) is 6.21. The smallest absolute Gasteiger partial charge is 0.00614 e. The molecular weight excluding hydrogens is 336 g/mol. The van der Waals surface area contributed by atoms with Gasteiger partial charge in [0.15, 0.2) is 0 Å². The number of benzene rings is 2. The summed E-state index contributed by atoms with van der Waals surface area (Å²) in [7, 11) is 0. The Labute approximate surface area is 170 Å². The highest BCUT2D eigenvalue weighted by Gasteiger charge is 2.15. The summed E-state index contributed by atoms with van der Waals surface area (Å²) in [5.74, 6) is 0.365. The molecule has 0 heterocycles. The van der Waals surface area contributed by atoms with Crippen molar-refractivity contribution in [1.82, 2.24) is 0 Å². The third kappa shape index (κ3) is 3.83. The summed E-state index contributed by atoms with van der Waals surface area (Å²) in [6.45, 7) is 11.1. The van der Waals surface area contributed by atoms with Crippen molar-refractivity contribution in [2.24, 2.45) is 0 Å². The quantitative estimate of drug-likeness (QED) is 0.512. The first-order valence-corrected chi connectivity index (χ1v) is 10.5. The molecule has 142 valence electrons. The molecule has 0 saturated heterocycles. The fourth-order valence-corrected chi connectivity index (χ4v) is 4.45. The van der Waals surface area contributed by atoms with Gasteiger partial charge in [-0.3, -0.25) is 0 Å². The summed E-state index contributed by atoms with van der Waals surface area (Å²) in [6, 6.07) is 14.0. The van der Waals surface area contributed by atoms with Crippen LogP contribution in [0.15, 0.2) is 72.4 Å². The lowest BCUT2D eigenvalue weighted by Crippen LogP contribution is -2.03. The molecule has 28 heavy (non-hydrogen) atoms. The van der Waals surface area contributed by atoms with Crippen molar-refractivity contribution < 1.29 is 0 Å². The predicted octanol–water partition coefficient (Wildman–Crippen LogP) is 7.65. The summed E-state index contributed by atoms with van der Waals surface area (Å²) in [6.07, 6.45) is 13.5. The van der Waals surface area contributed by atoms with Crippen molar-refractivity contribution in [1.29, 1.82) is 0 Å². The Morgan fingerprint density at radius 3 is 2.46 bits per heavy atom. The molecule has 0 bridgehead atoms. The number of aryl methyl sites for hydroxylation is 1. The molecule has 0 aliphatic heterocycles. The highest BCUT2D eigenvalue weighted by Crippen LogP contribution is 2.33. The zero-order valence-electron chi connectivity index (χ0n) is 17.4. The lowest BCUT2D eigenvalue weighted by Gasteiger charge is -2.20. The molecule has 0 nitrogen and oxygen atoms in total. The highest BCUT2D eigenvalue weighted by atomic mass is 14.2. The molecule has 0 saturated carbocycles. The Bertz CT molecular complexity index is 1010. The maximum absolute atomic E-state index is 4.36. The Morgan fingerprint density at radius 1 is 0.893 bits per heavy atom. The van der Waals surface area contributed by atoms with Crippen molar-refractivity contribution in [3.63, 3.8) is 0 Å². The van der Waals surface area contributed by atoms with Crippen LogP contribution in [-0.2, 0) is 12.8 Å². The van der Waals surface area contributed by atoms with Crippen molar-refractivity contribution in [3.8, 4) is 0 Å². The number of rotatable bonds is 2. The van der Waals surface area contributed by atoms with Gasteiger partial charge in [-0.25, -0.2) is 0 Å². The summed E-state index contributed by atoms with van der Waals surface area (Å²) in [5.41, 5.74) is 12.3. The summed E-state index contributed by atoms with van der Waals surface area (Å²) in [4.78, 5) is 0. The summed E-state index contributed by atoms with van der Waals surface area (Å²) in [5, 5.41) is 0. The lowest BCUT2D eigenvalue weighted by molar-refractivity contribution is 0.804. The maximum atomic E-state index is 4.36. The number of fused-ring (bicyclic) bond motifs is 2. The van der Waals surface area contributed by atoms with Crippen LogP contribution >= 0.6 is 0 Å². The van der Waals surface area contributed by atoms with Gasteiger partial charge < -0.3 is 0 Å². The minimum atomic E-state index is 0.365. The van der Waals surface area contributed by atoms with Crippen LogP contribution in [-0.4, -0.2) is 0 Å². The van der Waals surface area contributed by atoms with Gasteiger partial charge in [0.2, 0.25) is 0 Å². The van der Waals surface area contributed by atoms with Gasteiger partial charge >= 0.3 is 0 Å². The molecule has 2 aromatic rings. The zero-order chi connectivity index (χ0) is 19.7. The summed E-state index contributed by atoms with van der Waals surface area (Å²) >= 11 is 0. The van der Waals surface area contributed by atoms with E-state index in [1.54, 1.807) is 0 Å². The van der Waals surface area contributed by atoms with Gasteiger partial charge in [0.1, 0.15) is 0 Å². The molecule has 0 radical (unpaired) electrons.